The van der Waals surface area contributed by atoms with Crippen LogP contribution in [0.2, 0.25) is 0 Å². The van der Waals surface area contributed by atoms with E-state index in [1.807, 2.05) is 0 Å². The van der Waals surface area contributed by atoms with Crippen molar-refractivity contribution >= 4 is 17.8 Å². The van der Waals surface area contributed by atoms with Gasteiger partial charge in [-0.3, -0.25) is 9.59 Å². The zero-order chi connectivity index (χ0) is 42.0. The lowest BCUT2D eigenvalue weighted by atomic mass is 9.88. The molecule has 0 aromatic heterocycles. The van der Waals surface area contributed by atoms with E-state index in [2.05, 4.69) is 10.6 Å². The summed E-state index contributed by atoms with van der Waals surface area (Å²) in [5, 5.41) is 142. The molecule has 0 aromatic carbocycles. The van der Waals surface area contributed by atoms with Gasteiger partial charge in [0.1, 0.15) is 85.4 Å². The van der Waals surface area contributed by atoms with Gasteiger partial charge in [-0.05, 0) is 6.92 Å². The molecule has 25 nitrogen and oxygen atoms in total. The second kappa shape index (κ2) is 19.1. The van der Waals surface area contributed by atoms with Gasteiger partial charge in [0, 0.05) is 20.3 Å². The molecule has 56 heavy (non-hydrogen) atoms. The van der Waals surface area contributed by atoms with Crippen LogP contribution in [0.4, 0.5) is 0 Å². The Morgan fingerprint density at radius 2 is 1.30 bits per heavy atom. The van der Waals surface area contributed by atoms with Crippen LogP contribution in [0.5, 0.6) is 0 Å². The highest BCUT2D eigenvalue weighted by molar-refractivity contribution is 5.76. The first-order valence-electron chi connectivity index (χ1n) is 17.6. The average molecular weight is 821 g/mol. The van der Waals surface area contributed by atoms with E-state index in [9.17, 15) is 80.8 Å². The number of nitrogens with one attached hydrogen (secondary N) is 2. The molecule has 0 radical (unpaired) electrons. The van der Waals surface area contributed by atoms with E-state index in [1.165, 1.54) is 6.92 Å². The quantitative estimate of drug-likeness (QED) is 0.0773. The van der Waals surface area contributed by atoms with Gasteiger partial charge in [0.2, 0.25) is 11.8 Å². The third kappa shape index (κ3) is 9.74. The standard InChI is InChI=1S/C31H52N2O23/c1-8-17(41)20(44)21(45)28(50-8)54-25-16(33-10(3)38)27(47)51-14(7-36)23(25)53-29-22(46)26(19(43)13(6-35)52-29)56-31(30(48)49)4-11(39)15(32-9(2)37)24(55-31)18(42)12(40)5-34/h8,11-29,34-36,39-47H,4-7H2,1-3H3,(H,32,37)(H,33,38)(H,48,49)/t8?,11?,12-,13?,14?,15?,16?,17?,18-,19-,20?,21?,22?,23?,24?,25?,26?,27?,28?,29?,31?/m1/s1. The van der Waals surface area contributed by atoms with Crippen molar-refractivity contribution in [1.82, 2.24) is 10.6 Å². The van der Waals surface area contributed by atoms with Gasteiger partial charge in [-0.15, -0.1) is 0 Å². The summed E-state index contributed by atoms with van der Waals surface area (Å²) in [4.78, 5) is 37.0. The Labute approximate surface area is 317 Å². The fourth-order valence-electron chi connectivity index (χ4n) is 6.99. The second-order valence-electron chi connectivity index (χ2n) is 14.0. The number of carboxylic acids is 1. The Balaban J connectivity index is 1.71. The van der Waals surface area contributed by atoms with Crippen LogP contribution in [-0.4, -0.2) is 232 Å². The van der Waals surface area contributed by atoms with E-state index in [1.54, 1.807) is 0 Å². The molecule has 4 aliphatic rings. The third-order valence-electron chi connectivity index (χ3n) is 9.94. The fourth-order valence-corrected chi connectivity index (χ4v) is 6.99. The number of aliphatic hydroxyl groups excluding tert-OH is 12. The molecule has 0 spiro atoms. The van der Waals surface area contributed by atoms with Gasteiger partial charge in [-0.25, -0.2) is 4.79 Å². The molecular formula is C31H52N2O23. The van der Waals surface area contributed by atoms with E-state index in [0.29, 0.717) is 0 Å². The largest absolute Gasteiger partial charge is 0.477 e. The Kier molecular flexibility index (Phi) is 15.8. The van der Waals surface area contributed by atoms with E-state index >= 15 is 0 Å². The molecular weight excluding hydrogens is 768 g/mol. The lowest BCUT2D eigenvalue weighted by Crippen LogP contribution is -2.71. The third-order valence-corrected chi connectivity index (χ3v) is 9.94. The van der Waals surface area contributed by atoms with Crippen molar-refractivity contribution in [2.24, 2.45) is 0 Å². The molecule has 21 atom stereocenters. The molecule has 4 fully saturated rings. The number of aliphatic carboxylic acids is 1. The lowest BCUT2D eigenvalue weighted by molar-refractivity contribution is -0.390. The molecule has 2 amide bonds. The number of ether oxygens (including phenoxy) is 7. The fraction of sp³-hybridized carbons (Fsp3) is 0.903. The number of amides is 2. The molecule has 4 aliphatic heterocycles. The number of aliphatic hydroxyl groups is 12. The predicted molar refractivity (Wildman–Crippen MR) is 173 cm³/mol. The maximum atomic E-state index is 12.9. The van der Waals surface area contributed by atoms with Crippen LogP contribution in [0, 0.1) is 0 Å². The van der Waals surface area contributed by atoms with Crippen molar-refractivity contribution in [3.05, 3.63) is 0 Å². The van der Waals surface area contributed by atoms with Crippen LogP contribution in [-0.2, 0) is 47.5 Å². The minimum absolute atomic E-state index is 0.767. The molecule has 4 saturated heterocycles. The minimum Gasteiger partial charge on any atom is -0.477 e. The molecule has 324 valence electrons. The Bertz CT molecular complexity index is 1330. The van der Waals surface area contributed by atoms with Crippen LogP contribution in [0.1, 0.15) is 27.2 Å². The summed E-state index contributed by atoms with van der Waals surface area (Å²) in [5.74, 6) is -6.69. The molecule has 0 aromatic rings. The van der Waals surface area contributed by atoms with Crippen LogP contribution >= 0.6 is 0 Å². The Morgan fingerprint density at radius 1 is 0.732 bits per heavy atom. The normalized spacial score (nSPS) is 45.7. The predicted octanol–water partition coefficient (Wildman–Crippen LogP) is -9.23. The van der Waals surface area contributed by atoms with Crippen LogP contribution < -0.4 is 10.6 Å². The molecule has 15 N–H and O–H groups in total. The number of carbonyl (C=O) groups excluding carboxylic acids is 2. The smallest absolute Gasteiger partial charge is 0.364 e. The number of hydrogen-bond acceptors (Lipinski definition) is 22. The van der Waals surface area contributed by atoms with Crippen molar-refractivity contribution in [1.29, 1.82) is 0 Å². The van der Waals surface area contributed by atoms with Gasteiger partial charge in [0.05, 0.1) is 38.1 Å². The first-order chi connectivity index (χ1) is 26.2. The number of rotatable bonds is 14. The second-order valence-corrected chi connectivity index (χ2v) is 14.0. The van der Waals surface area contributed by atoms with Crippen molar-refractivity contribution in [2.75, 3.05) is 19.8 Å². The summed E-state index contributed by atoms with van der Waals surface area (Å²) in [7, 11) is 0. The van der Waals surface area contributed by atoms with Crippen molar-refractivity contribution < 1.29 is 114 Å². The first kappa shape index (κ1) is 46.3. The summed E-state index contributed by atoms with van der Waals surface area (Å²) in [6.45, 7) is 0.283. The van der Waals surface area contributed by atoms with Gasteiger partial charge >= 0.3 is 5.97 Å². The topological polar surface area (TPSA) is 403 Å². The maximum absolute atomic E-state index is 12.9. The maximum Gasteiger partial charge on any atom is 0.364 e. The van der Waals surface area contributed by atoms with Crippen molar-refractivity contribution in [3.8, 4) is 0 Å². The molecule has 0 saturated carbocycles. The lowest BCUT2D eigenvalue weighted by Gasteiger charge is -2.51. The monoisotopic (exact) mass is 820 g/mol. The van der Waals surface area contributed by atoms with E-state index in [4.69, 9.17) is 33.2 Å². The Morgan fingerprint density at radius 3 is 1.86 bits per heavy atom. The number of hydrogen-bond donors (Lipinski definition) is 15. The summed E-state index contributed by atoms with van der Waals surface area (Å²) in [6, 6.07) is -3.22. The van der Waals surface area contributed by atoms with Gasteiger partial charge in [0.25, 0.3) is 5.79 Å². The summed E-state index contributed by atoms with van der Waals surface area (Å²) in [6.07, 6.45) is -35.1. The van der Waals surface area contributed by atoms with E-state index in [-0.39, 0.29) is 0 Å². The Hall–Kier alpha value is -2.35. The summed E-state index contributed by atoms with van der Waals surface area (Å²) >= 11 is 0. The zero-order valence-electron chi connectivity index (χ0n) is 30.3. The summed E-state index contributed by atoms with van der Waals surface area (Å²) in [5.41, 5.74) is 0. The zero-order valence-corrected chi connectivity index (χ0v) is 30.3. The molecule has 4 heterocycles. The van der Waals surface area contributed by atoms with Gasteiger partial charge in [-0.2, -0.15) is 0 Å². The van der Waals surface area contributed by atoms with E-state index in [0.717, 1.165) is 13.8 Å². The highest BCUT2D eigenvalue weighted by Crippen LogP contribution is 2.39. The van der Waals surface area contributed by atoms with E-state index < -0.39 is 172 Å². The number of carboxylic acid groups (broad SMARTS) is 1. The molecule has 4 rings (SSSR count). The highest BCUT2D eigenvalue weighted by atomic mass is 16.8. The first-order valence-corrected chi connectivity index (χ1v) is 17.6. The van der Waals surface area contributed by atoms with Crippen molar-refractivity contribution in [3.63, 3.8) is 0 Å². The van der Waals surface area contributed by atoms with Gasteiger partial charge in [0.15, 0.2) is 18.9 Å². The van der Waals surface area contributed by atoms with Crippen LogP contribution in [0.15, 0.2) is 0 Å². The molecule has 0 bridgehead atoms. The SMILES string of the molecule is CC(=O)NC1C(O)OC(CO)C(OC2OC(CO)[C@@H](O)C(OC3(C(=O)O)CC(O)C(NC(C)=O)C([C@H](O)[C@H](O)CO)O3)C2O)C1OC1OC(C)C(O)C(O)C1O. The minimum atomic E-state index is -3.12. The molecule has 0 aliphatic carbocycles. The van der Waals surface area contributed by atoms with Gasteiger partial charge < -0.3 is 110 Å². The van der Waals surface area contributed by atoms with Crippen LogP contribution in [0.3, 0.4) is 0 Å². The van der Waals surface area contributed by atoms with Gasteiger partial charge in [-0.1, -0.05) is 0 Å². The summed E-state index contributed by atoms with van der Waals surface area (Å²) < 4.78 is 39.7. The average Bonchev–Trinajstić information content (AvgIpc) is 3.14. The van der Waals surface area contributed by atoms with Crippen molar-refractivity contribution in [2.45, 2.75) is 155 Å². The van der Waals surface area contributed by atoms with Crippen LogP contribution in [0.25, 0.3) is 0 Å². The highest BCUT2D eigenvalue weighted by Gasteiger charge is 2.60. The number of carbonyl (C=O) groups is 3. The molecule has 18 unspecified atom stereocenters. The molecule has 25 heteroatoms.